The van der Waals surface area contributed by atoms with Gasteiger partial charge in [-0.05, 0) is 55.9 Å². The highest BCUT2D eigenvalue weighted by atomic mass is 16.2. The molecule has 3 fully saturated rings. The van der Waals surface area contributed by atoms with Gasteiger partial charge >= 0.3 is 0 Å². The van der Waals surface area contributed by atoms with Gasteiger partial charge in [-0.25, -0.2) is 0 Å². The Bertz CT molecular complexity index is 624. The molecule has 122 valence electrons. The lowest BCUT2D eigenvalue weighted by Gasteiger charge is -2.47. The fourth-order valence-electron chi connectivity index (χ4n) is 4.11. The molecule has 0 spiro atoms. The van der Waals surface area contributed by atoms with Crippen molar-refractivity contribution in [1.29, 1.82) is 0 Å². The summed E-state index contributed by atoms with van der Waals surface area (Å²) in [6.07, 6.45) is 4.78. The van der Waals surface area contributed by atoms with Crippen molar-refractivity contribution in [3.05, 3.63) is 29.8 Å². The van der Waals surface area contributed by atoms with Gasteiger partial charge in [0.05, 0.1) is 0 Å². The van der Waals surface area contributed by atoms with Crippen molar-refractivity contribution in [1.82, 2.24) is 9.80 Å². The van der Waals surface area contributed by atoms with Gasteiger partial charge in [0.25, 0.3) is 5.91 Å². The van der Waals surface area contributed by atoms with Gasteiger partial charge < -0.3 is 15.5 Å². The van der Waals surface area contributed by atoms with Crippen LogP contribution < -0.4 is 5.73 Å². The molecule has 4 rings (SSSR count). The highest BCUT2D eigenvalue weighted by Crippen LogP contribution is 2.39. The number of carbonyl (C=O) groups is 2. The number of piperidine rings is 2. The number of benzene rings is 1. The third-order valence-electron chi connectivity index (χ3n) is 5.45. The maximum atomic E-state index is 12.7. The fourth-order valence-corrected chi connectivity index (χ4v) is 4.11. The van der Waals surface area contributed by atoms with E-state index in [0.717, 1.165) is 38.8 Å². The van der Waals surface area contributed by atoms with Crippen LogP contribution in [0.1, 0.15) is 42.5 Å². The standard InChI is InChI=1S/C18H23N3O2/c19-14-4-1-12(2-5-14)18(23)20-10-9-16-13(11-20)3-8-17(22)21(16)15-6-7-15/h1-2,4-5,13,15-16H,3,6-11,19H2/t13-,16+/m0/s1. The minimum atomic E-state index is 0.0818. The van der Waals surface area contributed by atoms with Crippen LogP contribution in [-0.4, -0.2) is 46.8 Å². The number of nitrogen functional groups attached to an aromatic ring is 1. The summed E-state index contributed by atoms with van der Waals surface area (Å²) < 4.78 is 0. The van der Waals surface area contributed by atoms with Crippen LogP contribution in [-0.2, 0) is 4.79 Å². The summed E-state index contributed by atoms with van der Waals surface area (Å²) in [5.41, 5.74) is 7.06. The monoisotopic (exact) mass is 313 g/mol. The van der Waals surface area contributed by atoms with Crippen molar-refractivity contribution in [3.8, 4) is 0 Å². The number of nitrogens with two attached hydrogens (primary N) is 1. The Morgan fingerprint density at radius 2 is 1.83 bits per heavy atom. The molecular formula is C18H23N3O2. The highest BCUT2D eigenvalue weighted by molar-refractivity contribution is 5.94. The van der Waals surface area contributed by atoms with Crippen LogP contribution in [0.4, 0.5) is 5.69 Å². The number of likely N-dealkylation sites (tertiary alicyclic amines) is 2. The van der Waals surface area contributed by atoms with Crippen molar-refractivity contribution in [2.24, 2.45) is 5.92 Å². The van der Waals surface area contributed by atoms with E-state index in [1.165, 1.54) is 0 Å². The molecule has 1 aromatic carbocycles. The zero-order valence-corrected chi connectivity index (χ0v) is 13.3. The molecular weight excluding hydrogens is 290 g/mol. The molecule has 2 N–H and O–H groups in total. The molecule has 0 radical (unpaired) electrons. The van der Waals surface area contributed by atoms with E-state index in [1.54, 1.807) is 24.3 Å². The first-order chi connectivity index (χ1) is 11.1. The molecule has 2 aliphatic heterocycles. The van der Waals surface area contributed by atoms with E-state index in [9.17, 15) is 9.59 Å². The lowest BCUT2D eigenvalue weighted by molar-refractivity contribution is -0.141. The minimum absolute atomic E-state index is 0.0818. The molecule has 0 unspecified atom stereocenters. The molecule has 1 aliphatic carbocycles. The number of hydrogen-bond donors (Lipinski definition) is 1. The van der Waals surface area contributed by atoms with E-state index < -0.39 is 0 Å². The predicted octanol–water partition coefficient (Wildman–Crippen LogP) is 1.88. The van der Waals surface area contributed by atoms with E-state index >= 15 is 0 Å². The van der Waals surface area contributed by atoms with Crippen LogP contribution in [0.2, 0.25) is 0 Å². The van der Waals surface area contributed by atoms with Crippen LogP contribution in [0.25, 0.3) is 0 Å². The SMILES string of the molecule is Nc1ccc(C(=O)N2CC[C@@H]3[C@@H](CCC(=O)N3C3CC3)C2)cc1. The molecule has 2 atom stereocenters. The Morgan fingerprint density at radius 1 is 1.09 bits per heavy atom. The molecule has 1 aromatic rings. The zero-order chi connectivity index (χ0) is 16.0. The fraction of sp³-hybridized carbons (Fsp3) is 0.556. The predicted molar refractivity (Wildman–Crippen MR) is 87.8 cm³/mol. The first kappa shape index (κ1) is 14.5. The molecule has 5 nitrogen and oxygen atoms in total. The van der Waals surface area contributed by atoms with Crippen molar-refractivity contribution in [3.63, 3.8) is 0 Å². The van der Waals surface area contributed by atoms with E-state index in [-0.39, 0.29) is 5.91 Å². The van der Waals surface area contributed by atoms with E-state index in [2.05, 4.69) is 4.90 Å². The van der Waals surface area contributed by atoms with Crippen LogP contribution >= 0.6 is 0 Å². The molecule has 2 heterocycles. The lowest BCUT2D eigenvalue weighted by atomic mass is 9.83. The molecule has 0 aromatic heterocycles. The number of amides is 2. The number of carbonyl (C=O) groups excluding carboxylic acids is 2. The van der Waals surface area contributed by atoms with Gasteiger partial charge in [-0.3, -0.25) is 9.59 Å². The molecule has 2 saturated heterocycles. The molecule has 23 heavy (non-hydrogen) atoms. The summed E-state index contributed by atoms with van der Waals surface area (Å²) >= 11 is 0. The Hall–Kier alpha value is -2.04. The third-order valence-corrected chi connectivity index (χ3v) is 5.45. The van der Waals surface area contributed by atoms with E-state index in [1.807, 2.05) is 4.90 Å². The number of anilines is 1. The second-order valence-corrected chi connectivity index (χ2v) is 7.06. The maximum absolute atomic E-state index is 12.7. The number of nitrogens with zero attached hydrogens (tertiary/aromatic N) is 2. The summed E-state index contributed by atoms with van der Waals surface area (Å²) in [5.74, 6) is 0.838. The first-order valence-electron chi connectivity index (χ1n) is 8.59. The van der Waals surface area contributed by atoms with Crippen molar-refractivity contribution in [2.75, 3.05) is 18.8 Å². The van der Waals surface area contributed by atoms with Crippen molar-refractivity contribution >= 4 is 17.5 Å². The summed E-state index contributed by atoms with van der Waals surface area (Å²) in [4.78, 5) is 29.0. The molecule has 0 bridgehead atoms. The van der Waals surface area contributed by atoms with Crippen molar-refractivity contribution < 1.29 is 9.59 Å². The Kier molecular flexibility index (Phi) is 3.51. The largest absolute Gasteiger partial charge is 0.399 e. The third kappa shape index (κ3) is 2.69. The average molecular weight is 313 g/mol. The summed E-state index contributed by atoms with van der Waals surface area (Å²) in [7, 11) is 0. The molecule has 3 aliphatic rings. The van der Waals surface area contributed by atoms with Gasteiger partial charge in [0, 0.05) is 42.8 Å². The quantitative estimate of drug-likeness (QED) is 0.848. The van der Waals surface area contributed by atoms with Crippen LogP contribution in [0.3, 0.4) is 0 Å². The average Bonchev–Trinajstić information content (AvgIpc) is 3.39. The second-order valence-electron chi connectivity index (χ2n) is 7.06. The van der Waals surface area contributed by atoms with Gasteiger partial charge in [-0.1, -0.05) is 0 Å². The lowest BCUT2D eigenvalue weighted by Crippen LogP contribution is -2.57. The van der Waals surface area contributed by atoms with Crippen LogP contribution in [0.5, 0.6) is 0 Å². The number of rotatable bonds is 2. The van der Waals surface area contributed by atoms with Crippen LogP contribution in [0.15, 0.2) is 24.3 Å². The highest BCUT2D eigenvalue weighted by Gasteiger charge is 2.45. The Morgan fingerprint density at radius 3 is 2.52 bits per heavy atom. The van der Waals surface area contributed by atoms with Gasteiger partial charge in [0.15, 0.2) is 0 Å². The summed E-state index contributed by atoms with van der Waals surface area (Å²) in [5, 5.41) is 0. The molecule has 1 saturated carbocycles. The smallest absolute Gasteiger partial charge is 0.253 e. The topological polar surface area (TPSA) is 66.6 Å². The minimum Gasteiger partial charge on any atom is -0.399 e. The van der Waals surface area contributed by atoms with Gasteiger partial charge in [0.2, 0.25) is 5.91 Å². The number of hydrogen-bond acceptors (Lipinski definition) is 3. The van der Waals surface area contributed by atoms with Gasteiger partial charge in [-0.2, -0.15) is 0 Å². The van der Waals surface area contributed by atoms with Gasteiger partial charge in [0.1, 0.15) is 0 Å². The molecule has 2 amide bonds. The van der Waals surface area contributed by atoms with Crippen LogP contribution in [0, 0.1) is 5.92 Å². The Balaban J connectivity index is 1.47. The van der Waals surface area contributed by atoms with E-state index in [0.29, 0.717) is 41.6 Å². The first-order valence-corrected chi connectivity index (χ1v) is 8.59. The zero-order valence-electron chi connectivity index (χ0n) is 13.3. The number of fused-ring (bicyclic) bond motifs is 1. The second kappa shape index (κ2) is 5.55. The summed E-state index contributed by atoms with van der Waals surface area (Å²) in [6, 6.07) is 7.96. The van der Waals surface area contributed by atoms with Crippen molar-refractivity contribution in [2.45, 2.75) is 44.2 Å². The Labute approximate surface area is 136 Å². The maximum Gasteiger partial charge on any atom is 0.253 e. The van der Waals surface area contributed by atoms with Gasteiger partial charge in [-0.15, -0.1) is 0 Å². The van der Waals surface area contributed by atoms with E-state index in [4.69, 9.17) is 5.73 Å². The molecule has 5 heteroatoms. The summed E-state index contributed by atoms with van der Waals surface area (Å²) in [6.45, 7) is 1.51. The normalized spacial score (nSPS) is 27.7.